The number of aliphatic hydroxyl groups is 1. The van der Waals surface area contributed by atoms with E-state index in [1.165, 1.54) is 25.3 Å². The van der Waals surface area contributed by atoms with Crippen LogP contribution in [0.4, 0.5) is 5.69 Å². The van der Waals surface area contributed by atoms with Crippen molar-refractivity contribution in [2.75, 3.05) is 13.7 Å². The number of hydrogen-bond donors (Lipinski definition) is 2. The van der Waals surface area contributed by atoms with Crippen molar-refractivity contribution in [3.8, 4) is 5.75 Å². The number of ether oxygens (including phenoxy) is 1. The predicted octanol–water partition coefficient (Wildman–Crippen LogP) is 0.986. The van der Waals surface area contributed by atoms with Gasteiger partial charge < -0.3 is 15.6 Å². The van der Waals surface area contributed by atoms with Crippen molar-refractivity contribution in [1.29, 1.82) is 0 Å². The molecule has 0 fully saturated rings. The summed E-state index contributed by atoms with van der Waals surface area (Å²) in [5.74, 6) is 0.301. The third kappa shape index (κ3) is 2.68. The smallest absolute Gasteiger partial charge is 0.273 e. The summed E-state index contributed by atoms with van der Waals surface area (Å²) in [7, 11) is 1.40. The van der Waals surface area contributed by atoms with Crippen molar-refractivity contribution in [2.24, 2.45) is 5.73 Å². The Morgan fingerprint density at radius 1 is 1.62 bits per heavy atom. The molecule has 0 aliphatic rings. The summed E-state index contributed by atoms with van der Waals surface area (Å²) in [6.45, 7) is 0.335. The minimum atomic E-state index is -0.763. The number of hydrogen-bond acceptors (Lipinski definition) is 5. The summed E-state index contributed by atoms with van der Waals surface area (Å²) in [5, 5.41) is 20.3. The SMILES string of the molecule is COc1cc([N+](=O)[O-])ccc1[C@@H](O)CCN. The summed E-state index contributed by atoms with van der Waals surface area (Å²) in [4.78, 5) is 10.0. The fraction of sp³-hybridized carbons (Fsp3) is 0.400. The number of nitrogens with zero attached hydrogens (tertiary/aromatic N) is 1. The Kier molecular flexibility index (Phi) is 4.21. The molecule has 1 rings (SSSR count). The second-order valence-corrected chi connectivity index (χ2v) is 3.28. The summed E-state index contributed by atoms with van der Waals surface area (Å²) >= 11 is 0. The fourth-order valence-corrected chi connectivity index (χ4v) is 1.40. The van der Waals surface area contributed by atoms with Gasteiger partial charge in [-0.15, -0.1) is 0 Å². The summed E-state index contributed by atoms with van der Waals surface area (Å²) in [5.41, 5.74) is 5.77. The molecule has 0 heterocycles. The molecular weight excluding hydrogens is 212 g/mol. The number of nitrogens with two attached hydrogens (primary N) is 1. The first-order chi connectivity index (χ1) is 7.60. The molecular formula is C10H14N2O4. The number of non-ortho nitro benzene ring substituents is 1. The highest BCUT2D eigenvalue weighted by atomic mass is 16.6. The second-order valence-electron chi connectivity index (χ2n) is 3.28. The monoisotopic (exact) mass is 226 g/mol. The van der Waals surface area contributed by atoms with Gasteiger partial charge in [0.15, 0.2) is 0 Å². The number of methoxy groups -OCH3 is 1. The topological polar surface area (TPSA) is 98.6 Å². The van der Waals surface area contributed by atoms with Gasteiger partial charge in [-0.05, 0) is 19.0 Å². The highest BCUT2D eigenvalue weighted by Crippen LogP contribution is 2.30. The zero-order chi connectivity index (χ0) is 12.1. The van der Waals surface area contributed by atoms with E-state index in [9.17, 15) is 15.2 Å². The Hall–Kier alpha value is -1.66. The lowest BCUT2D eigenvalue weighted by Crippen LogP contribution is -2.08. The highest BCUT2D eigenvalue weighted by molar-refractivity contribution is 5.45. The lowest BCUT2D eigenvalue weighted by molar-refractivity contribution is -0.385. The molecule has 0 saturated carbocycles. The maximum atomic E-state index is 10.5. The van der Waals surface area contributed by atoms with Gasteiger partial charge in [0.1, 0.15) is 5.75 Å². The van der Waals surface area contributed by atoms with Gasteiger partial charge in [-0.3, -0.25) is 10.1 Å². The maximum absolute atomic E-state index is 10.5. The van der Waals surface area contributed by atoms with Gasteiger partial charge in [-0.25, -0.2) is 0 Å². The van der Waals surface area contributed by atoms with Crippen LogP contribution < -0.4 is 10.5 Å². The largest absolute Gasteiger partial charge is 0.496 e. The van der Waals surface area contributed by atoms with Crippen LogP contribution in [0.3, 0.4) is 0 Å². The average molecular weight is 226 g/mol. The Balaban J connectivity index is 3.06. The Bertz CT molecular complexity index is 381. The molecule has 88 valence electrons. The molecule has 16 heavy (non-hydrogen) atoms. The first-order valence-corrected chi connectivity index (χ1v) is 4.80. The first kappa shape index (κ1) is 12.4. The number of nitro groups is 1. The van der Waals surface area contributed by atoms with Crippen LogP contribution in [0.15, 0.2) is 18.2 Å². The van der Waals surface area contributed by atoms with Gasteiger partial charge in [-0.2, -0.15) is 0 Å². The predicted molar refractivity (Wildman–Crippen MR) is 58.3 cm³/mol. The quantitative estimate of drug-likeness (QED) is 0.576. The van der Waals surface area contributed by atoms with Crippen LogP contribution in [-0.4, -0.2) is 23.7 Å². The van der Waals surface area contributed by atoms with Gasteiger partial charge in [-0.1, -0.05) is 0 Å². The maximum Gasteiger partial charge on any atom is 0.273 e. The number of aliphatic hydroxyl groups excluding tert-OH is 1. The second kappa shape index (κ2) is 5.43. The molecule has 0 bridgehead atoms. The van der Waals surface area contributed by atoms with E-state index in [4.69, 9.17) is 10.5 Å². The summed E-state index contributed by atoms with van der Waals surface area (Å²) < 4.78 is 5.00. The minimum Gasteiger partial charge on any atom is -0.496 e. The van der Waals surface area contributed by atoms with E-state index >= 15 is 0 Å². The molecule has 1 aromatic carbocycles. The van der Waals surface area contributed by atoms with E-state index in [-0.39, 0.29) is 5.69 Å². The van der Waals surface area contributed by atoms with Gasteiger partial charge in [0, 0.05) is 11.6 Å². The van der Waals surface area contributed by atoms with Crippen LogP contribution >= 0.6 is 0 Å². The van der Waals surface area contributed by atoms with Crippen LogP contribution in [0.25, 0.3) is 0 Å². The van der Waals surface area contributed by atoms with Gasteiger partial charge >= 0.3 is 0 Å². The Morgan fingerprint density at radius 2 is 2.31 bits per heavy atom. The number of rotatable bonds is 5. The third-order valence-electron chi connectivity index (χ3n) is 2.23. The van der Waals surface area contributed by atoms with Crippen molar-refractivity contribution in [3.63, 3.8) is 0 Å². The van der Waals surface area contributed by atoms with Gasteiger partial charge in [0.25, 0.3) is 5.69 Å². The lowest BCUT2D eigenvalue weighted by atomic mass is 10.0. The van der Waals surface area contributed by atoms with E-state index < -0.39 is 11.0 Å². The summed E-state index contributed by atoms with van der Waals surface area (Å²) in [6.07, 6.45) is -0.380. The van der Waals surface area contributed by atoms with Crippen molar-refractivity contribution >= 4 is 5.69 Å². The molecule has 0 saturated heterocycles. The van der Waals surface area contributed by atoms with E-state index in [1.54, 1.807) is 0 Å². The van der Waals surface area contributed by atoms with Crippen molar-refractivity contribution < 1.29 is 14.8 Å². The van der Waals surface area contributed by atoms with Crippen LogP contribution in [0, 0.1) is 10.1 Å². The Morgan fingerprint density at radius 3 is 2.81 bits per heavy atom. The Labute approximate surface area is 92.8 Å². The normalized spacial score (nSPS) is 12.2. The molecule has 0 aromatic heterocycles. The molecule has 1 aromatic rings. The third-order valence-corrected chi connectivity index (χ3v) is 2.23. The fourth-order valence-electron chi connectivity index (χ4n) is 1.40. The number of nitro benzene ring substituents is 1. The van der Waals surface area contributed by atoms with Crippen LogP contribution in [0.1, 0.15) is 18.1 Å². The zero-order valence-electron chi connectivity index (χ0n) is 8.92. The molecule has 0 aliphatic heterocycles. The van der Waals surface area contributed by atoms with Crippen molar-refractivity contribution in [3.05, 3.63) is 33.9 Å². The molecule has 0 amide bonds. The number of benzene rings is 1. The molecule has 0 spiro atoms. The van der Waals surface area contributed by atoms with Crippen LogP contribution in [0.5, 0.6) is 5.75 Å². The molecule has 3 N–H and O–H groups in total. The average Bonchev–Trinajstić information content (AvgIpc) is 2.28. The van der Waals surface area contributed by atoms with Gasteiger partial charge in [0.05, 0.1) is 24.2 Å². The van der Waals surface area contributed by atoms with E-state index in [1.807, 2.05) is 0 Å². The molecule has 6 heteroatoms. The van der Waals surface area contributed by atoms with Crippen LogP contribution in [0.2, 0.25) is 0 Å². The molecule has 1 atom stereocenters. The standard InChI is InChI=1S/C10H14N2O4/c1-16-10-6-7(12(14)15)2-3-8(10)9(13)4-5-11/h2-3,6,9,13H,4-5,11H2,1H3/t9-/m0/s1. The lowest BCUT2D eigenvalue weighted by Gasteiger charge is -2.13. The molecule has 0 radical (unpaired) electrons. The van der Waals surface area contributed by atoms with Crippen molar-refractivity contribution in [1.82, 2.24) is 0 Å². The molecule has 0 unspecified atom stereocenters. The van der Waals surface area contributed by atoms with Crippen LogP contribution in [-0.2, 0) is 0 Å². The first-order valence-electron chi connectivity index (χ1n) is 4.80. The van der Waals surface area contributed by atoms with Gasteiger partial charge in [0.2, 0.25) is 0 Å². The minimum absolute atomic E-state index is 0.0689. The zero-order valence-corrected chi connectivity index (χ0v) is 8.92. The van der Waals surface area contributed by atoms with Crippen molar-refractivity contribution in [2.45, 2.75) is 12.5 Å². The van der Waals surface area contributed by atoms with E-state index in [0.717, 1.165) is 0 Å². The van der Waals surface area contributed by atoms with E-state index in [0.29, 0.717) is 24.3 Å². The highest BCUT2D eigenvalue weighted by Gasteiger charge is 2.16. The van der Waals surface area contributed by atoms with E-state index in [2.05, 4.69) is 0 Å². The molecule has 6 nitrogen and oxygen atoms in total. The molecule has 0 aliphatic carbocycles. The summed E-state index contributed by atoms with van der Waals surface area (Å²) in [6, 6.07) is 4.10.